The molecule has 0 aromatic carbocycles. The minimum atomic E-state index is 1.03. The first-order valence-corrected chi connectivity index (χ1v) is 3.80. The van der Waals surface area contributed by atoms with Crippen LogP contribution in [-0.4, -0.2) is 4.98 Å². The van der Waals surface area contributed by atoms with Crippen LogP contribution in [0.25, 0.3) is 0 Å². The molecule has 0 amide bonds. The summed E-state index contributed by atoms with van der Waals surface area (Å²) in [6.07, 6.45) is 4.07. The maximum atomic E-state index is 4.27. The number of aryl methyl sites for hydroxylation is 2. The zero-order valence-electron chi connectivity index (χ0n) is 6.59. The largest absolute Gasteiger partial charge is 0.261 e. The number of pyridine rings is 1. The van der Waals surface area contributed by atoms with E-state index in [1.54, 1.807) is 0 Å². The molecule has 10 heavy (non-hydrogen) atoms. The fraction of sp³-hybridized carbons (Fsp3) is 0.444. The van der Waals surface area contributed by atoms with Crippen molar-refractivity contribution in [2.45, 2.75) is 26.7 Å². The van der Waals surface area contributed by atoms with E-state index < -0.39 is 0 Å². The van der Waals surface area contributed by atoms with E-state index in [4.69, 9.17) is 0 Å². The molecule has 0 unspecified atom stereocenters. The molecule has 0 aliphatic carbocycles. The van der Waals surface area contributed by atoms with Gasteiger partial charge in [0.25, 0.3) is 0 Å². The predicted molar refractivity (Wildman–Crippen MR) is 43.0 cm³/mol. The number of aromatic nitrogens is 1. The molecule has 0 bridgehead atoms. The molecule has 0 saturated carbocycles. The van der Waals surface area contributed by atoms with Gasteiger partial charge < -0.3 is 0 Å². The highest BCUT2D eigenvalue weighted by Crippen LogP contribution is 2.00. The Labute approximate surface area is 62.1 Å². The molecular formula is C9H13N. The Bertz CT molecular complexity index is 165. The second-order valence-corrected chi connectivity index (χ2v) is 2.36. The van der Waals surface area contributed by atoms with Crippen molar-refractivity contribution in [3.8, 4) is 0 Å². The highest BCUT2D eigenvalue weighted by atomic mass is 14.7. The molecule has 0 radical (unpaired) electrons. The molecule has 1 nitrogen and oxygen atoms in total. The van der Waals surface area contributed by atoms with E-state index in [0.29, 0.717) is 0 Å². The SMILES string of the molecule is CCc1ccc(CC)nc1. The van der Waals surface area contributed by atoms with E-state index in [9.17, 15) is 0 Å². The Hall–Kier alpha value is -0.850. The fourth-order valence-corrected chi connectivity index (χ4v) is 0.873. The molecule has 1 heterocycles. The maximum absolute atomic E-state index is 4.27. The van der Waals surface area contributed by atoms with Gasteiger partial charge in [-0.3, -0.25) is 4.98 Å². The summed E-state index contributed by atoms with van der Waals surface area (Å²) in [5, 5.41) is 0. The van der Waals surface area contributed by atoms with Gasteiger partial charge in [0.2, 0.25) is 0 Å². The van der Waals surface area contributed by atoms with Gasteiger partial charge in [0.1, 0.15) is 0 Å². The summed E-state index contributed by atoms with van der Waals surface area (Å²) in [5.74, 6) is 0. The summed E-state index contributed by atoms with van der Waals surface area (Å²) in [5.41, 5.74) is 2.49. The minimum Gasteiger partial charge on any atom is -0.261 e. The average molecular weight is 135 g/mol. The van der Waals surface area contributed by atoms with Crippen LogP contribution in [0.3, 0.4) is 0 Å². The summed E-state index contributed by atoms with van der Waals surface area (Å²) in [4.78, 5) is 4.27. The van der Waals surface area contributed by atoms with E-state index in [1.807, 2.05) is 6.20 Å². The standard InChI is InChI=1S/C9H13N/c1-3-8-5-6-9(4-2)10-7-8/h5-7H,3-4H2,1-2H3. The zero-order valence-corrected chi connectivity index (χ0v) is 6.59. The minimum absolute atomic E-state index is 1.03. The first-order chi connectivity index (χ1) is 4.86. The van der Waals surface area contributed by atoms with Gasteiger partial charge in [-0.15, -0.1) is 0 Å². The van der Waals surface area contributed by atoms with Crippen molar-refractivity contribution in [3.05, 3.63) is 29.6 Å². The van der Waals surface area contributed by atoms with Crippen molar-refractivity contribution in [1.82, 2.24) is 4.98 Å². The van der Waals surface area contributed by atoms with Crippen LogP contribution >= 0.6 is 0 Å². The first kappa shape index (κ1) is 7.26. The molecule has 0 N–H and O–H groups in total. The molecule has 0 aliphatic rings. The number of nitrogens with zero attached hydrogens (tertiary/aromatic N) is 1. The Morgan fingerprint density at radius 2 is 2.00 bits per heavy atom. The molecule has 0 spiro atoms. The lowest BCUT2D eigenvalue weighted by Gasteiger charge is -1.96. The average Bonchev–Trinajstić information content (AvgIpc) is 2.05. The quantitative estimate of drug-likeness (QED) is 0.605. The lowest BCUT2D eigenvalue weighted by atomic mass is 10.2. The molecule has 1 heteroatoms. The van der Waals surface area contributed by atoms with Crippen LogP contribution in [0.1, 0.15) is 25.1 Å². The van der Waals surface area contributed by atoms with Crippen LogP contribution in [0.5, 0.6) is 0 Å². The Morgan fingerprint density at radius 3 is 2.40 bits per heavy atom. The van der Waals surface area contributed by atoms with E-state index in [2.05, 4.69) is 31.0 Å². The van der Waals surface area contributed by atoms with E-state index in [1.165, 1.54) is 11.3 Å². The van der Waals surface area contributed by atoms with Crippen LogP contribution in [-0.2, 0) is 12.8 Å². The molecular weight excluding hydrogens is 122 g/mol. The van der Waals surface area contributed by atoms with Crippen molar-refractivity contribution >= 4 is 0 Å². The van der Waals surface area contributed by atoms with Crippen LogP contribution < -0.4 is 0 Å². The van der Waals surface area contributed by atoms with Gasteiger partial charge >= 0.3 is 0 Å². The summed E-state index contributed by atoms with van der Waals surface area (Å²) in [6, 6.07) is 4.24. The van der Waals surface area contributed by atoms with Crippen LogP contribution in [0, 0.1) is 0 Å². The molecule has 0 atom stereocenters. The number of hydrogen-bond acceptors (Lipinski definition) is 1. The molecule has 1 aromatic heterocycles. The van der Waals surface area contributed by atoms with E-state index in [0.717, 1.165) is 12.8 Å². The van der Waals surface area contributed by atoms with Crippen molar-refractivity contribution in [2.24, 2.45) is 0 Å². The fourth-order valence-electron chi connectivity index (χ4n) is 0.873. The number of rotatable bonds is 2. The molecule has 0 aliphatic heterocycles. The smallest absolute Gasteiger partial charge is 0.0401 e. The lowest BCUT2D eigenvalue weighted by molar-refractivity contribution is 1.00. The second kappa shape index (κ2) is 3.35. The molecule has 0 fully saturated rings. The summed E-state index contributed by atoms with van der Waals surface area (Å²) >= 11 is 0. The van der Waals surface area contributed by atoms with Gasteiger partial charge in [0, 0.05) is 11.9 Å². The van der Waals surface area contributed by atoms with Gasteiger partial charge in [0.15, 0.2) is 0 Å². The zero-order chi connectivity index (χ0) is 7.40. The van der Waals surface area contributed by atoms with Crippen molar-refractivity contribution in [2.75, 3.05) is 0 Å². The van der Waals surface area contributed by atoms with Crippen LogP contribution in [0.4, 0.5) is 0 Å². The van der Waals surface area contributed by atoms with E-state index in [-0.39, 0.29) is 0 Å². The normalized spacial score (nSPS) is 9.80. The van der Waals surface area contributed by atoms with Gasteiger partial charge in [-0.05, 0) is 24.5 Å². The molecule has 1 aromatic rings. The Balaban J connectivity index is 2.80. The highest BCUT2D eigenvalue weighted by molar-refractivity contribution is 5.13. The summed E-state index contributed by atoms with van der Waals surface area (Å²) in [7, 11) is 0. The second-order valence-electron chi connectivity index (χ2n) is 2.36. The van der Waals surface area contributed by atoms with Crippen molar-refractivity contribution < 1.29 is 0 Å². The third-order valence-electron chi connectivity index (χ3n) is 1.66. The first-order valence-electron chi connectivity index (χ1n) is 3.80. The van der Waals surface area contributed by atoms with Gasteiger partial charge in [-0.1, -0.05) is 19.9 Å². The Morgan fingerprint density at radius 1 is 1.20 bits per heavy atom. The van der Waals surface area contributed by atoms with E-state index >= 15 is 0 Å². The van der Waals surface area contributed by atoms with Gasteiger partial charge in [0.05, 0.1) is 0 Å². The van der Waals surface area contributed by atoms with Gasteiger partial charge in [-0.25, -0.2) is 0 Å². The van der Waals surface area contributed by atoms with Gasteiger partial charge in [-0.2, -0.15) is 0 Å². The van der Waals surface area contributed by atoms with Crippen molar-refractivity contribution in [1.29, 1.82) is 0 Å². The van der Waals surface area contributed by atoms with Crippen LogP contribution in [0.15, 0.2) is 18.3 Å². The van der Waals surface area contributed by atoms with Crippen LogP contribution in [0.2, 0.25) is 0 Å². The van der Waals surface area contributed by atoms with Crippen molar-refractivity contribution in [3.63, 3.8) is 0 Å². The lowest BCUT2D eigenvalue weighted by Crippen LogP contribution is -1.87. The molecule has 1 rings (SSSR count). The Kier molecular flexibility index (Phi) is 2.43. The maximum Gasteiger partial charge on any atom is 0.0401 e. The molecule has 54 valence electrons. The number of hydrogen-bond donors (Lipinski definition) is 0. The monoisotopic (exact) mass is 135 g/mol. The molecule has 0 saturated heterocycles. The third-order valence-corrected chi connectivity index (χ3v) is 1.66. The summed E-state index contributed by atoms with van der Waals surface area (Å²) < 4.78 is 0. The topological polar surface area (TPSA) is 12.9 Å². The predicted octanol–water partition coefficient (Wildman–Crippen LogP) is 2.21. The highest BCUT2D eigenvalue weighted by Gasteiger charge is 1.89. The third kappa shape index (κ3) is 1.56. The summed E-state index contributed by atoms with van der Waals surface area (Å²) in [6.45, 7) is 4.26.